The minimum Gasteiger partial charge on any atom is -0.0683 e. The molecule has 0 spiro atoms. The standard InChI is InChI=1S/C9H12.C2H6.I2/c1-7-5-4-6-8(2)9(7)3;2*1-2/h4-6H,1-3H3;1-2H3;. The maximum Gasteiger partial charge on any atom is 0 e. The highest BCUT2D eigenvalue weighted by atomic mass is 128. The molecular formula is C11H18I2. The molecule has 2 heteroatoms. The zero-order valence-electron chi connectivity index (χ0n) is 8.99. The van der Waals surface area contributed by atoms with Crippen molar-refractivity contribution in [3.05, 3.63) is 34.9 Å². The molecule has 0 aliphatic rings. The molecule has 0 atom stereocenters. The van der Waals surface area contributed by atoms with Gasteiger partial charge in [-0.3, -0.25) is 0 Å². The highest BCUT2D eigenvalue weighted by Crippen LogP contribution is 2.09. The summed E-state index contributed by atoms with van der Waals surface area (Å²) in [5.74, 6) is 0. The third kappa shape index (κ3) is 6.71. The highest BCUT2D eigenvalue weighted by molar-refractivity contribution is 15.0. The van der Waals surface area contributed by atoms with E-state index in [9.17, 15) is 0 Å². The summed E-state index contributed by atoms with van der Waals surface area (Å²) in [7, 11) is 0. The summed E-state index contributed by atoms with van der Waals surface area (Å²) in [6, 6.07) is 6.38. The summed E-state index contributed by atoms with van der Waals surface area (Å²) in [5.41, 5.74) is 4.18. The van der Waals surface area contributed by atoms with Crippen LogP contribution < -0.4 is 0 Å². The van der Waals surface area contributed by atoms with Crippen molar-refractivity contribution in [1.82, 2.24) is 0 Å². The van der Waals surface area contributed by atoms with Crippen molar-refractivity contribution in [3.8, 4) is 0 Å². The first-order chi connectivity index (χ1) is 6.22. The third-order valence-electron chi connectivity index (χ3n) is 1.88. The summed E-state index contributed by atoms with van der Waals surface area (Å²) >= 11 is 4.24. The molecule has 0 N–H and O–H groups in total. The molecule has 76 valence electrons. The van der Waals surface area contributed by atoms with Crippen LogP contribution >= 0.6 is 37.2 Å². The molecule has 1 rings (SSSR count). The Kier molecular flexibility index (Phi) is 13.3. The first-order valence-electron chi connectivity index (χ1n) is 4.39. The molecule has 0 aliphatic carbocycles. The van der Waals surface area contributed by atoms with Crippen molar-refractivity contribution in [3.63, 3.8) is 0 Å². The molecule has 0 heterocycles. The average molecular weight is 404 g/mol. The number of halogens is 2. The van der Waals surface area contributed by atoms with E-state index in [2.05, 4.69) is 76.2 Å². The first-order valence-corrected chi connectivity index (χ1v) is 10.7. The quantitative estimate of drug-likeness (QED) is 0.508. The normalized spacial score (nSPS) is 7.62. The Balaban J connectivity index is 0. The molecule has 0 amide bonds. The van der Waals surface area contributed by atoms with Crippen LogP contribution in [0.15, 0.2) is 18.2 Å². The van der Waals surface area contributed by atoms with Gasteiger partial charge in [-0.15, -0.1) is 0 Å². The Hall–Kier alpha value is 0.680. The second kappa shape index (κ2) is 10.8. The summed E-state index contributed by atoms with van der Waals surface area (Å²) in [4.78, 5) is 0. The van der Waals surface area contributed by atoms with Crippen molar-refractivity contribution in [2.24, 2.45) is 0 Å². The second-order valence-electron chi connectivity index (χ2n) is 2.52. The van der Waals surface area contributed by atoms with E-state index >= 15 is 0 Å². The zero-order chi connectivity index (χ0) is 10.9. The van der Waals surface area contributed by atoms with Crippen molar-refractivity contribution in [2.45, 2.75) is 34.6 Å². The van der Waals surface area contributed by atoms with Crippen LogP contribution in [0.3, 0.4) is 0 Å². The van der Waals surface area contributed by atoms with Crippen molar-refractivity contribution in [1.29, 1.82) is 0 Å². The van der Waals surface area contributed by atoms with E-state index in [-0.39, 0.29) is 0 Å². The second-order valence-corrected chi connectivity index (χ2v) is 2.52. The molecule has 0 aliphatic heterocycles. The molecule has 13 heavy (non-hydrogen) atoms. The third-order valence-corrected chi connectivity index (χ3v) is 1.88. The van der Waals surface area contributed by atoms with Crippen LogP contribution in [-0.4, -0.2) is 0 Å². The molecule has 0 bridgehead atoms. The molecular weight excluding hydrogens is 386 g/mol. The Labute approximate surface area is 106 Å². The van der Waals surface area contributed by atoms with E-state index in [4.69, 9.17) is 0 Å². The molecule has 0 nitrogen and oxygen atoms in total. The maximum atomic E-state index is 2.16. The van der Waals surface area contributed by atoms with E-state index in [0.29, 0.717) is 0 Å². The zero-order valence-corrected chi connectivity index (χ0v) is 13.3. The van der Waals surface area contributed by atoms with Crippen LogP contribution in [0.4, 0.5) is 0 Å². The Morgan fingerprint density at radius 1 is 0.846 bits per heavy atom. The van der Waals surface area contributed by atoms with Crippen molar-refractivity contribution < 1.29 is 0 Å². The first kappa shape index (κ1) is 16.1. The van der Waals surface area contributed by atoms with Gasteiger partial charge in [0, 0.05) is 37.2 Å². The van der Waals surface area contributed by atoms with E-state index in [1.165, 1.54) is 16.7 Å². The minimum atomic E-state index is 1.38. The molecule has 1 aromatic carbocycles. The van der Waals surface area contributed by atoms with E-state index < -0.39 is 0 Å². The number of hydrogen-bond acceptors (Lipinski definition) is 0. The Morgan fingerprint density at radius 2 is 1.15 bits per heavy atom. The number of rotatable bonds is 0. The van der Waals surface area contributed by atoms with Gasteiger partial charge >= 0.3 is 0 Å². The lowest BCUT2D eigenvalue weighted by atomic mass is 10.1. The fourth-order valence-corrected chi connectivity index (χ4v) is 0.898. The van der Waals surface area contributed by atoms with Crippen LogP contribution in [-0.2, 0) is 0 Å². The lowest BCUT2D eigenvalue weighted by Crippen LogP contribution is -1.82. The molecule has 0 saturated heterocycles. The molecule has 0 unspecified atom stereocenters. The Morgan fingerprint density at radius 3 is 1.38 bits per heavy atom. The molecule has 0 aromatic heterocycles. The Bertz CT molecular complexity index is 199. The summed E-state index contributed by atoms with van der Waals surface area (Å²) in [5, 5.41) is 0. The monoisotopic (exact) mass is 404 g/mol. The summed E-state index contributed by atoms with van der Waals surface area (Å²) < 4.78 is 0. The van der Waals surface area contributed by atoms with Crippen molar-refractivity contribution in [2.75, 3.05) is 0 Å². The molecule has 0 radical (unpaired) electrons. The van der Waals surface area contributed by atoms with Gasteiger partial charge in [0.05, 0.1) is 0 Å². The smallest absolute Gasteiger partial charge is 0 e. The van der Waals surface area contributed by atoms with Gasteiger partial charge in [-0.2, -0.15) is 0 Å². The van der Waals surface area contributed by atoms with Gasteiger partial charge in [0.1, 0.15) is 0 Å². The SMILES string of the molecule is CC.Cc1cccc(C)c1C.II. The molecule has 1 aromatic rings. The van der Waals surface area contributed by atoms with Gasteiger partial charge < -0.3 is 0 Å². The fourth-order valence-electron chi connectivity index (χ4n) is 0.898. The van der Waals surface area contributed by atoms with Gasteiger partial charge in [0.2, 0.25) is 0 Å². The van der Waals surface area contributed by atoms with Gasteiger partial charge in [-0.25, -0.2) is 0 Å². The lowest BCUT2D eigenvalue weighted by Gasteiger charge is -2.00. The van der Waals surface area contributed by atoms with Gasteiger partial charge in [0.15, 0.2) is 0 Å². The topological polar surface area (TPSA) is 0 Å². The predicted octanol–water partition coefficient (Wildman–Crippen LogP) is 5.41. The number of hydrogen-bond donors (Lipinski definition) is 0. The summed E-state index contributed by atoms with van der Waals surface area (Å²) in [6.45, 7) is 10.4. The maximum absolute atomic E-state index is 2.16. The van der Waals surface area contributed by atoms with Gasteiger partial charge in [-0.05, 0) is 37.5 Å². The van der Waals surface area contributed by atoms with E-state index in [0.717, 1.165) is 0 Å². The van der Waals surface area contributed by atoms with Gasteiger partial charge in [0.25, 0.3) is 0 Å². The fraction of sp³-hybridized carbons (Fsp3) is 0.455. The molecule has 0 fully saturated rings. The van der Waals surface area contributed by atoms with Crippen molar-refractivity contribution >= 4 is 37.2 Å². The number of benzene rings is 1. The van der Waals surface area contributed by atoms with Crippen LogP contribution in [0.2, 0.25) is 0 Å². The van der Waals surface area contributed by atoms with E-state index in [1.54, 1.807) is 0 Å². The minimum absolute atomic E-state index is 1.38. The summed E-state index contributed by atoms with van der Waals surface area (Å²) in [6.07, 6.45) is 0. The lowest BCUT2D eigenvalue weighted by molar-refractivity contribution is 1.27. The van der Waals surface area contributed by atoms with Crippen LogP contribution in [0.25, 0.3) is 0 Å². The van der Waals surface area contributed by atoms with Crippen LogP contribution in [0, 0.1) is 20.8 Å². The average Bonchev–Trinajstić information content (AvgIpc) is 2.20. The van der Waals surface area contributed by atoms with Crippen LogP contribution in [0.5, 0.6) is 0 Å². The largest absolute Gasteiger partial charge is 0.0683 e. The van der Waals surface area contributed by atoms with E-state index in [1.807, 2.05) is 13.8 Å². The predicted molar refractivity (Wildman–Crippen MR) is 80.0 cm³/mol. The van der Waals surface area contributed by atoms with Gasteiger partial charge in [-0.1, -0.05) is 32.0 Å². The highest BCUT2D eigenvalue weighted by Gasteiger charge is 1.91. The van der Waals surface area contributed by atoms with Crippen LogP contribution in [0.1, 0.15) is 30.5 Å². The number of aryl methyl sites for hydroxylation is 2. The molecule has 0 saturated carbocycles.